The number of thiophene rings is 1. The Hall–Kier alpha value is -1.20. The molecule has 1 aromatic carbocycles. The van der Waals surface area contributed by atoms with Crippen LogP contribution in [0.4, 0.5) is 4.39 Å². The Morgan fingerprint density at radius 3 is 2.80 bits per heavy atom. The van der Waals surface area contributed by atoms with Crippen molar-refractivity contribution in [2.24, 2.45) is 0 Å². The van der Waals surface area contributed by atoms with E-state index in [9.17, 15) is 9.18 Å². The lowest BCUT2D eigenvalue weighted by Gasteiger charge is -2.22. The number of nitrogens with zero attached hydrogens (tertiary/aromatic N) is 1. The van der Waals surface area contributed by atoms with Gasteiger partial charge in [-0.3, -0.25) is 4.79 Å². The lowest BCUT2D eigenvalue weighted by Crippen LogP contribution is -2.32. The van der Waals surface area contributed by atoms with Gasteiger partial charge in [0.15, 0.2) is 0 Å². The fraction of sp³-hybridized carbons (Fsp3) is 0.267. The monoisotopic (exact) mass is 353 g/mol. The summed E-state index contributed by atoms with van der Waals surface area (Å²) in [6.07, 6.45) is 2.07. The summed E-state index contributed by atoms with van der Waals surface area (Å²) in [5.41, 5.74) is 1.54. The van der Waals surface area contributed by atoms with E-state index in [1.165, 1.54) is 6.07 Å². The van der Waals surface area contributed by atoms with Gasteiger partial charge in [-0.25, -0.2) is 4.39 Å². The van der Waals surface area contributed by atoms with Crippen LogP contribution in [0.1, 0.15) is 28.8 Å². The van der Waals surface area contributed by atoms with Crippen LogP contribution in [0.5, 0.6) is 0 Å². The van der Waals surface area contributed by atoms with Gasteiger partial charge in [0.05, 0.1) is 4.47 Å². The molecular formula is C15H13BrFNOS. The highest BCUT2D eigenvalue weighted by Crippen LogP contribution is 2.30. The number of benzene rings is 1. The SMILES string of the molecule is O=C(c1ccc(Br)c(F)c1)N(Cc1ccsc1)C1CC1. The molecule has 0 N–H and O–H groups in total. The van der Waals surface area contributed by atoms with Crippen molar-refractivity contribution < 1.29 is 9.18 Å². The first-order chi connectivity index (χ1) is 9.65. The molecule has 3 rings (SSSR count). The van der Waals surface area contributed by atoms with Crippen LogP contribution in [-0.4, -0.2) is 16.8 Å². The summed E-state index contributed by atoms with van der Waals surface area (Å²) in [5, 5.41) is 4.05. The van der Waals surface area contributed by atoms with Crippen LogP contribution in [0.15, 0.2) is 39.5 Å². The van der Waals surface area contributed by atoms with Crippen molar-refractivity contribution in [1.29, 1.82) is 0 Å². The molecule has 1 aliphatic carbocycles. The number of amides is 1. The Kier molecular flexibility index (Phi) is 3.89. The molecular weight excluding hydrogens is 341 g/mol. The highest BCUT2D eigenvalue weighted by molar-refractivity contribution is 9.10. The van der Waals surface area contributed by atoms with E-state index >= 15 is 0 Å². The first-order valence-electron chi connectivity index (χ1n) is 6.42. The largest absolute Gasteiger partial charge is 0.331 e. The van der Waals surface area contributed by atoms with Crippen LogP contribution in [0, 0.1) is 5.82 Å². The van der Waals surface area contributed by atoms with Crippen LogP contribution in [0.3, 0.4) is 0 Å². The van der Waals surface area contributed by atoms with Crippen LogP contribution >= 0.6 is 27.3 Å². The molecule has 104 valence electrons. The highest BCUT2D eigenvalue weighted by atomic mass is 79.9. The Balaban J connectivity index is 1.83. The molecule has 0 bridgehead atoms. The van der Waals surface area contributed by atoms with Crippen molar-refractivity contribution in [3.8, 4) is 0 Å². The molecule has 2 nitrogen and oxygen atoms in total. The first-order valence-corrected chi connectivity index (χ1v) is 8.16. The molecule has 1 amide bonds. The number of carbonyl (C=O) groups excluding carboxylic acids is 1. The third-order valence-electron chi connectivity index (χ3n) is 3.35. The molecule has 20 heavy (non-hydrogen) atoms. The van der Waals surface area contributed by atoms with Crippen molar-refractivity contribution in [2.45, 2.75) is 25.4 Å². The molecule has 1 saturated carbocycles. The minimum absolute atomic E-state index is 0.0925. The summed E-state index contributed by atoms with van der Waals surface area (Å²) in [5.74, 6) is -0.493. The van der Waals surface area contributed by atoms with Crippen LogP contribution in [0.25, 0.3) is 0 Å². The van der Waals surface area contributed by atoms with Gasteiger partial charge >= 0.3 is 0 Å². The van der Waals surface area contributed by atoms with E-state index in [1.54, 1.807) is 23.5 Å². The maximum atomic E-state index is 13.6. The first kappa shape index (κ1) is 13.8. The van der Waals surface area contributed by atoms with Gasteiger partial charge in [-0.2, -0.15) is 11.3 Å². The van der Waals surface area contributed by atoms with Gasteiger partial charge in [-0.05, 0) is 69.4 Å². The summed E-state index contributed by atoms with van der Waals surface area (Å²) in [6, 6.07) is 6.87. The molecule has 0 radical (unpaired) electrons. The second-order valence-corrected chi connectivity index (χ2v) is 6.56. The van der Waals surface area contributed by atoms with Crippen LogP contribution in [0.2, 0.25) is 0 Å². The Bertz CT molecular complexity index is 625. The molecule has 0 saturated heterocycles. The predicted octanol–water partition coefficient (Wildman–Crippen LogP) is 4.45. The fourth-order valence-corrected chi connectivity index (χ4v) is 3.03. The Morgan fingerprint density at radius 1 is 1.40 bits per heavy atom. The minimum atomic E-state index is -0.401. The van der Waals surface area contributed by atoms with Crippen molar-refractivity contribution in [3.05, 3.63) is 56.4 Å². The second kappa shape index (κ2) is 5.66. The third-order valence-corrected chi connectivity index (χ3v) is 4.72. The normalized spacial score (nSPS) is 14.3. The lowest BCUT2D eigenvalue weighted by atomic mass is 10.1. The zero-order chi connectivity index (χ0) is 14.1. The van der Waals surface area contributed by atoms with Crippen molar-refractivity contribution in [3.63, 3.8) is 0 Å². The molecule has 0 unspecified atom stereocenters. The molecule has 5 heteroatoms. The average Bonchev–Trinajstić information content (AvgIpc) is 3.15. The quantitative estimate of drug-likeness (QED) is 0.794. The number of hydrogen-bond acceptors (Lipinski definition) is 2. The second-order valence-electron chi connectivity index (χ2n) is 4.92. The summed E-state index contributed by atoms with van der Waals surface area (Å²) in [6.45, 7) is 0.602. The summed E-state index contributed by atoms with van der Waals surface area (Å²) in [4.78, 5) is 14.4. The van der Waals surface area contributed by atoms with E-state index < -0.39 is 5.82 Å². The van der Waals surface area contributed by atoms with Gasteiger partial charge < -0.3 is 4.90 Å². The zero-order valence-electron chi connectivity index (χ0n) is 10.7. The van der Waals surface area contributed by atoms with Crippen molar-refractivity contribution in [1.82, 2.24) is 4.90 Å². The summed E-state index contributed by atoms with van der Waals surface area (Å²) in [7, 11) is 0. The zero-order valence-corrected chi connectivity index (χ0v) is 13.1. The van der Waals surface area contributed by atoms with Gasteiger partial charge in [0.1, 0.15) is 5.82 Å². The van der Waals surface area contributed by atoms with Gasteiger partial charge in [0, 0.05) is 18.2 Å². The maximum absolute atomic E-state index is 13.6. The Labute approximate surface area is 129 Å². The number of carbonyl (C=O) groups is 1. The van der Waals surface area contributed by atoms with E-state index in [2.05, 4.69) is 15.9 Å². The summed E-state index contributed by atoms with van der Waals surface area (Å²) < 4.78 is 14.0. The lowest BCUT2D eigenvalue weighted by molar-refractivity contribution is 0.0729. The van der Waals surface area contributed by atoms with Gasteiger partial charge in [0.25, 0.3) is 5.91 Å². The van der Waals surface area contributed by atoms with Crippen molar-refractivity contribution in [2.75, 3.05) is 0 Å². The van der Waals surface area contributed by atoms with E-state index in [1.807, 2.05) is 21.7 Å². The van der Waals surface area contributed by atoms with E-state index in [0.29, 0.717) is 22.6 Å². The molecule has 1 heterocycles. The van der Waals surface area contributed by atoms with Gasteiger partial charge in [-0.1, -0.05) is 0 Å². The van der Waals surface area contributed by atoms with Gasteiger partial charge in [-0.15, -0.1) is 0 Å². The summed E-state index contributed by atoms with van der Waals surface area (Å²) >= 11 is 4.73. The molecule has 1 aromatic heterocycles. The average molecular weight is 354 g/mol. The molecule has 0 spiro atoms. The number of rotatable bonds is 4. The topological polar surface area (TPSA) is 20.3 Å². The minimum Gasteiger partial charge on any atom is -0.331 e. The van der Waals surface area contributed by atoms with Gasteiger partial charge in [0.2, 0.25) is 0 Å². The van der Waals surface area contributed by atoms with E-state index in [-0.39, 0.29) is 5.91 Å². The third kappa shape index (κ3) is 2.94. The molecule has 2 aromatic rings. The number of hydrogen-bond donors (Lipinski definition) is 0. The molecule has 1 aliphatic rings. The Morgan fingerprint density at radius 2 is 2.20 bits per heavy atom. The highest BCUT2D eigenvalue weighted by Gasteiger charge is 2.33. The van der Waals surface area contributed by atoms with Crippen LogP contribution in [-0.2, 0) is 6.54 Å². The van der Waals surface area contributed by atoms with E-state index in [0.717, 1.165) is 18.4 Å². The predicted molar refractivity (Wildman–Crippen MR) is 81.3 cm³/mol. The molecule has 0 aliphatic heterocycles. The smallest absolute Gasteiger partial charge is 0.254 e. The van der Waals surface area contributed by atoms with Crippen molar-refractivity contribution >= 4 is 33.2 Å². The molecule has 1 fully saturated rings. The number of halogens is 2. The maximum Gasteiger partial charge on any atom is 0.254 e. The standard InChI is InChI=1S/C15H13BrFNOS/c16-13-4-1-11(7-14(13)17)15(19)18(12-2-3-12)8-10-5-6-20-9-10/h1,4-7,9,12H,2-3,8H2. The molecule has 0 atom stereocenters. The fourth-order valence-electron chi connectivity index (χ4n) is 2.13. The van der Waals surface area contributed by atoms with Crippen LogP contribution < -0.4 is 0 Å². The van der Waals surface area contributed by atoms with E-state index in [4.69, 9.17) is 0 Å².